The summed E-state index contributed by atoms with van der Waals surface area (Å²) in [5.41, 5.74) is -2.69. The summed E-state index contributed by atoms with van der Waals surface area (Å²) in [5, 5.41) is 8.37. The van der Waals surface area contributed by atoms with Gasteiger partial charge in [-0.05, 0) is 5.56 Å². The number of carboxylic acids is 1. The predicted octanol–water partition coefficient (Wildman–Crippen LogP) is 1.02. The van der Waals surface area contributed by atoms with Crippen LogP contribution in [-0.2, 0) is 17.4 Å². The molecule has 82 valence electrons. The molecule has 7 heteroatoms. The van der Waals surface area contributed by atoms with E-state index in [0.29, 0.717) is 0 Å². The van der Waals surface area contributed by atoms with Crippen LogP contribution in [0.4, 0.5) is 13.2 Å². The molecule has 0 atom stereocenters. The molecule has 1 heterocycles. The molecule has 0 saturated heterocycles. The van der Waals surface area contributed by atoms with Gasteiger partial charge in [0.2, 0.25) is 5.56 Å². The smallest absolute Gasteiger partial charge is 0.431 e. The topological polar surface area (TPSA) is 70.2 Å². The minimum atomic E-state index is -4.76. The van der Waals surface area contributed by atoms with E-state index >= 15 is 0 Å². The van der Waals surface area contributed by atoms with Crippen molar-refractivity contribution in [2.75, 3.05) is 0 Å². The molecule has 0 aliphatic carbocycles. The Hall–Kier alpha value is -1.79. The van der Waals surface area contributed by atoms with E-state index in [-0.39, 0.29) is 0 Å². The molecule has 0 radical (unpaired) electrons. The second kappa shape index (κ2) is 3.76. The van der Waals surface area contributed by atoms with E-state index in [4.69, 9.17) is 5.11 Å². The van der Waals surface area contributed by atoms with Gasteiger partial charge < -0.3 is 10.1 Å². The van der Waals surface area contributed by atoms with E-state index in [2.05, 4.69) is 0 Å². The summed E-state index contributed by atoms with van der Waals surface area (Å²) in [7, 11) is 0. The normalized spacial score (nSPS) is 11.4. The van der Waals surface area contributed by atoms with Gasteiger partial charge in [0, 0.05) is 6.07 Å². The van der Waals surface area contributed by atoms with Crippen LogP contribution >= 0.6 is 0 Å². The number of aromatic amines is 1. The van der Waals surface area contributed by atoms with Crippen LogP contribution in [0.15, 0.2) is 16.9 Å². The van der Waals surface area contributed by atoms with Crippen LogP contribution in [0, 0.1) is 0 Å². The first-order valence-electron chi connectivity index (χ1n) is 3.82. The molecular formula is C8H6F3NO3. The Morgan fingerprint density at radius 3 is 2.47 bits per heavy atom. The van der Waals surface area contributed by atoms with Crippen LogP contribution < -0.4 is 5.56 Å². The molecule has 2 N–H and O–H groups in total. The van der Waals surface area contributed by atoms with Crippen LogP contribution in [0.25, 0.3) is 0 Å². The van der Waals surface area contributed by atoms with E-state index in [0.717, 1.165) is 12.1 Å². The molecule has 0 unspecified atom stereocenters. The third-order valence-electron chi connectivity index (χ3n) is 1.63. The lowest BCUT2D eigenvalue weighted by Crippen LogP contribution is -2.20. The van der Waals surface area contributed by atoms with Gasteiger partial charge in [-0.25, -0.2) is 0 Å². The van der Waals surface area contributed by atoms with Gasteiger partial charge in [0.25, 0.3) is 0 Å². The Morgan fingerprint density at radius 2 is 2.00 bits per heavy atom. The van der Waals surface area contributed by atoms with E-state index in [1.54, 1.807) is 4.98 Å². The number of halogens is 3. The lowest BCUT2D eigenvalue weighted by molar-refractivity contribution is -0.142. The van der Waals surface area contributed by atoms with Gasteiger partial charge in [0.05, 0.1) is 6.42 Å². The zero-order valence-electron chi connectivity index (χ0n) is 7.26. The summed E-state index contributed by atoms with van der Waals surface area (Å²) in [4.78, 5) is 22.5. The molecule has 0 spiro atoms. The first-order valence-corrected chi connectivity index (χ1v) is 3.82. The van der Waals surface area contributed by atoms with Gasteiger partial charge >= 0.3 is 12.1 Å². The van der Waals surface area contributed by atoms with Crippen molar-refractivity contribution in [3.05, 3.63) is 33.7 Å². The van der Waals surface area contributed by atoms with E-state index in [9.17, 15) is 22.8 Å². The second-order valence-corrected chi connectivity index (χ2v) is 2.79. The van der Waals surface area contributed by atoms with Crippen molar-refractivity contribution in [2.24, 2.45) is 0 Å². The van der Waals surface area contributed by atoms with Crippen LogP contribution in [0.5, 0.6) is 0 Å². The monoisotopic (exact) mass is 221 g/mol. The maximum atomic E-state index is 12.3. The summed E-state index contributed by atoms with van der Waals surface area (Å²) >= 11 is 0. The van der Waals surface area contributed by atoms with Gasteiger partial charge in [-0.1, -0.05) is 6.07 Å². The molecule has 0 saturated carbocycles. The third kappa shape index (κ3) is 2.83. The van der Waals surface area contributed by atoms with Crippen molar-refractivity contribution < 1.29 is 23.1 Å². The molecular weight excluding hydrogens is 215 g/mol. The molecule has 1 aromatic rings. The van der Waals surface area contributed by atoms with Crippen LogP contribution in [-0.4, -0.2) is 16.1 Å². The fourth-order valence-electron chi connectivity index (χ4n) is 1.07. The van der Waals surface area contributed by atoms with Crippen LogP contribution in [0.1, 0.15) is 11.3 Å². The largest absolute Gasteiger partial charge is 0.481 e. The highest BCUT2D eigenvalue weighted by Crippen LogP contribution is 2.29. The number of aliphatic carboxylic acids is 1. The number of carboxylic acid groups (broad SMARTS) is 1. The molecule has 1 aromatic heterocycles. The summed E-state index contributed by atoms with van der Waals surface area (Å²) in [5.74, 6) is -1.40. The Labute approximate surface area is 81.4 Å². The standard InChI is InChI=1S/C8H6F3NO3/c9-8(10,11)7-4(3-6(14)15)1-2-5(13)12-7/h1-2H,3H2,(H,12,13)(H,14,15). The lowest BCUT2D eigenvalue weighted by atomic mass is 10.1. The first kappa shape index (κ1) is 11.3. The van der Waals surface area contributed by atoms with E-state index in [1.807, 2.05) is 0 Å². The second-order valence-electron chi connectivity index (χ2n) is 2.79. The van der Waals surface area contributed by atoms with Crippen molar-refractivity contribution in [2.45, 2.75) is 12.6 Å². The van der Waals surface area contributed by atoms with Gasteiger partial charge in [-0.3, -0.25) is 9.59 Å². The number of H-pyrrole nitrogens is 1. The van der Waals surface area contributed by atoms with E-state index < -0.39 is 35.4 Å². The van der Waals surface area contributed by atoms with Crippen LogP contribution in [0.3, 0.4) is 0 Å². The van der Waals surface area contributed by atoms with E-state index in [1.165, 1.54) is 0 Å². The average Bonchev–Trinajstić information content (AvgIpc) is 2.05. The number of hydrogen-bond donors (Lipinski definition) is 2. The Bertz CT molecular complexity index is 435. The predicted molar refractivity (Wildman–Crippen MR) is 43.4 cm³/mol. The van der Waals surface area contributed by atoms with Gasteiger partial charge in [-0.2, -0.15) is 13.2 Å². The molecule has 1 rings (SSSR count). The highest BCUT2D eigenvalue weighted by Gasteiger charge is 2.34. The quantitative estimate of drug-likeness (QED) is 0.783. The fraction of sp³-hybridized carbons (Fsp3) is 0.250. The minimum absolute atomic E-state index is 0.463. The number of hydrogen-bond acceptors (Lipinski definition) is 2. The van der Waals surface area contributed by atoms with Crippen molar-refractivity contribution in [3.63, 3.8) is 0 Å². The molecule has 0 aliphatic heterocycles. The Kier molecular flexibility index (Phi) is 2.83. The first-order chi connectivity index (χ1) is 6.80. The summed E-state index contributed by atoms with van der Waals surface area (Å²) < 4.78 is 36.9. The van der Waals surface area contributed by atoms with Gasteiger partial charge in [0.15, 0.2) is 0 Å². The van der Waals surface area contributed by atoms with Crippen molar-refractivity contribution in [1.29, 1.82) is 0 Å². The van der Waals surface area contributed by atoms with Crippen molar-refractivity contribution in [3.8, 4) is 0 Å². The van der Waals surface area contributed by atoms with Crippen molar-refractivity contribution >= 4 is 5.97 Å². The zero-order chi connectivity index (χ0) is 11.6. The van der Waals surface area contributed by atoms with Gasteiger partial charge in [0.1, 0.15) is 5.69 Å². The number of aromatic nitrogens is 1. The Morgan fingerprint density at radius 1 is 1.40 bits per heavy atom. The van der Waals surface area contributed by atoms with Crippen molar-refractivity contribution in [1.82, 2.24) is 4.98 Å². The SMILES string of the molecule is O=C(O)Cc1ccc(=O)[nH]c1C(F)(F)F. The molecule has 0 aliphatic rings. The molecule has 0 amide bonds. The number of pyridine rings is 1. The minimum Gasteiger partial charge on any atom is -0.481 e. The average molecular weight is 221 g/mol. The Balaban J connectivity index is 3.27. The summed E-state index contributed by atoms with van der Waals surface area (Å²) in [6, 6.07) is 1.71. The number of nitrogens with one attached hydrogen (secondary N) is 1. The summed E-state index contributed by atoms with van der Waals surface area (Å²) in [6.45, 7) is 0. The maximum Gasteiger partial charge on any atom is 0.431 e. The molecule has 0 aromatic carbocycles. The number of alkyl halides is 3. The molecule has 15 heavy (non-hydrogen) atoms. The number of rotatable bonds is 2. The summed E-state index contributed by atoms with van der Waals surface area (Å²) in [6.07, 6.45) is -5.54. The molecule has 0 fully saturated rings. The third-order valence-corrected chi connectivity index (χ3v) is 1.63. The molecule has 0 bridgehead atoms. The van der Waals surface area contributed by atoms with Crippen LogP contribution in [0.2, 0.25) is 0 Å². The zero-order valence-corrected chi connectivity index (χ0v) is 7.26. The van der Waals surface area contributed by atoms with Gasteiger partial charge in [-0.15, -0.1) is 0 Å². The highest BCUT2D eigenvalue weighted by molar-refractivity contribution is 5.70. The fourth-order valence-corrected chi connectivity index (χ4v) is 1.07. The highest BCUT2D eigenvalue weighted by atomic mass is 19.4. The number of carbonyl (C=O) groups is 1. The maximum absolute atomic E-state index is 12.3. The lowest BCUT2D eigenvalue weighted by Gasteiger charge is -2.10. The molecule has 4 nitrogen and oxygen atoms in total.